The summed E-state index contributed by atoms with van der Waals surface area (Å²) in [7, 11) is 1.48. The van der Waals surface area contributed by atoms with Crippen molar-refractivity contribution in [1.29, 1.82) is 0 Å². The van der Waals surface area contributed by atoms with Crippen LogP contribution in [0.4, 0.5) is 0 Å². The lowest BCUT2D eigenvalue weighted by molar-refractivity contribution is -0.124. The lowest BCUT2D eigenvalue weighted by Crippen LogP contribution is -2.30. The second kappa shape index (κ2) is 7.75. The summed E-state index contributed by atoms with van der Waals surface area (Å²) in [5.41, 5.74) is 0.886. The van der Waals surface area contributed by atoms with E-state index >= 15 is 0 Å². The van der Waals surface area contributed by atoms with E-state index in [0.29, 0.717) is 26.3 Å². The maximum atomic E-state index is 11.0. The zero-order valence-electron chi connectivity index (χ0n) is 10.2. The lowest BCUT2D eigenvalue weighted by atomic mass is 10.5. The molecule has 1 aromatic rings. The highest BCUT2D eigenvalue weighted by Gasteiger charge is 1.98. The molecule has 1 heterocycles. The Kier molecular flexibility index (Phi) is 6.19. The molecular weight excluding hydrogens is 224 g/mol. The molecule has 0 radical (unpaired) electrons. The van der Waals surface area contributed by atoms with E-state index in [2.05, 4.69) is 20.4 Å². The summed E-state index contributed by atoms with van der Waals surface area (Å²) >= 11 is 0. The molecule has 0 spiro atoms. The highest BCUT2D eigenvalue weighted by molar-refractivity contribution is 5.77. The minimum atomic E-state index is -0.136. The number of aromatic nitrogens is 3. The number of ether oxygens (including phenoxy) is 2. The first kappa shape index (κ1) is 13.6. The Morgan fingerprint density at radius 3 is 3.00 bits per heavy atom. The van der Waals surface area contributed by atoms with Crippen LogP contribution in [0.2, 0.25) is 0 Å². The number of carbonyl (C=O) groups is 1. The fourth-order valence-corrected chi connectivity index (χ4v) is 1.21. The Hall–Kier alpha value is -1.47. The minimum Gasteiger partial charge on any atom is -0.378 e. The number of aryl methyl sites for hydroxylation is 1. The molecule has 1 amide bonds. The van der Waals surface area contributed by atoms with Crippen molar-refractivity contribution in [1.82, 2.24) is 20.3 Å². The van der Waals surface area contributed by atoms with Crippen molar-refractivity contribution in [2.24, 2.45) is 0 Å². The van der Waals surface area contributed by atoms with E-state index < -0.39 is 0 Å². The van der Waals surface area contributed by atoms with Gasteiger partial charge < -0.3 is 14.8 Å². The third-order valence-electron chi connectivity index (χ3n) is 1.96. The fourth-order valence-electron chi connectivity index (χ4n) is 1.21. The van der Waals surface area contributed by atoms with E-state index in [0.717, 1.165) is 5.69 Å². The van der Waals surface area contributed by atoms with Crippen LogP contribution in [-0.4, -0.2) is 54.4 Å². The number of nitrogens with one attached hydrogen (secondary N) is 1. The minimum absolute atomic E-state index is 0.0816. The van der Waals surface area contributed by atoms with Gasteiger partial charge in [-0.25, -0.2) is 4.68 Å². The molecule has 0 aliphatic heterocycles. The van der Waals surface area contributed by atoms with Crippen molar-refractivity contribution in [2.75, 3.05) is 33.5 Å². The first-order valence-electron chi connectivity index (χ1n) is 5.42. The molecule has 0 aliphatic rings. The molecule has 1 rings (SSSR count). The van der Waals surface area contributed by atoms with Gasteiger partial charge in [0.15, 0.2) is 0 Å². The summed E-state index contributed by atoms with van der Waals surface area (Å²) in [6, 6.07) is 0. The summed E-state index contributed by atoms with van der Waals surface area (Å²) < 4.78 is 11.7. The zero-order chi connectivity index (χ0) is 12.5. The topological polar surface area (TPSA) is 78.3 Å². The molecule has 7 heteroatoms. The molecule has 0 fully saturated rings. The van der Waals surface area contributed by atoms with Crippen LogP contribution in [0, 0.1) is 6.92 Å². The summed E-state index contributed by atoms with van der Waals surface area (Å²) in [5.74, 6) is -0.136. The zero-order valence-corrected chi connectivity index (χ0v) is 10.2. The highest BCUT2D eigenvalue weighted by atomic mass is 16.5. The van der Waals surface area contributed by atoms with Gasteiger partial charge in [0, 0.05) is 19.9 Å². The third kappa shape index (κ3) is 5.98. The molecule has 0 aromatic carbocycles. The Bertz CT molecular complexity index is 340. The summed E-state index contributed by atoms with van der Waals surface area (Å²) in [6.45, 7) is 4.13. The highest BCUT2D eigenvalue weighted by Crippen LogP contribution is 1.89. The first-order chi connectivity index (χ1) is 8.22. The van der Waals surface area contributed by atoms with Gasteiger partial charge in [-0.15, -0.1) is 5.10 Å². The van der Waals surface area contributed by atoms with Gasteiger partial charge in [-0.05, 0) is 6.92 Å². The van der Waals surface area contributed by atoms with E-state index in [1.54, 1.807) is 4.68 Å². The average molecular weight is 242 g/mol. The quantitative estimate of drug-likeness (QED) is 0.614. The Balaban J connectivity index is 1.96. The third-order valence-corrected chi connectivity index (χ3v) is 1.96. The van der Waals surface area contributed by atoms with Crippen molar-refractivity contribution in [3.63, 3.8) is 0 Å². The summed E-state index contributed by atoms with van der Waals surface area (Å²) in [4.78, 5) is 11.0. The number of hydrogen-bond donors (Lipinski definition) is 1. The maximum absolute atomic E-state index is 11.0. The van der Waals surface area contributed by atoms with Crippen LogP contribution in [0.15, 0.2) is 6.20 Å². The number of rotatable bonds is 8. The predicted molar refractivity (Wildman–Crippen MR) is 60.5 cm³/mol. The Morgan fingerprint density at radius 1 is 1.53 bits per heavy atom. The molecule has 0 bridgehead atoms. The molecule has 17 heavy (non-hydrogen) atoms. The standard InChI is InChI=1S/C10H18N4O3/c1-9-7-14(13-12-9)4-6-17-5-3-11-10(15)8-16-2/h7H,3-6,8H2,1-2H3,(H,11,15). The molecule has 1 aromatic heterocycles. The number of methoxy groups -OCH3 is 1. The van der Waals surface area contributed by atoms with Crippen LogP contribution in [0.25, 0.3) is 0 Å². The number of carbonyl (C=O) groups excluding carboxylic acids is 1. The van der Waals surface area contributed by atoms with Crippen LogP contribution in [0.3, 0.4) is 0 Å². The van der Waals surface area contributed by atoms with Crippen molar-refractivity contribution < 1.29 is 14.3 Å². The molecule has 0 saturated carbocycles. The van der Waals surface area contributed by atoms with E-state index in [1.165, 1.54) is 7.11 Å². The lowest BCUT2D eigenvalue weighted by Gasteiger charge is -2.05. The number of amides is 1. The molecule has 0 saturated heterocycles. The van der Waals surface area contributed by atoms with Gasteiger partial charge in [-0.1, -0.05) is 5.21 Å². The van der Waals surface area contributed by atoms with E-state index in [-0.39, 0.29) is 12.5 Å². The smallest absolute Gasteiger partial charge is 0.246 e. The van der Waals surface area contributed by atoms with Crippen LogP contribution in [-0.2, 0) is 20.8 Å². The molecule has 7 nitrogen and oxygen atoms in total. The van der Waals surface area contributed by atoms with Crippen molar-refractivity contribution in [3.8, 4) is 0 Å². The summed E-state index contributed by atoms with van der Waals surface area (Å²) in [5, 5.41) is 10.4. The summed E-state index contributed by atoms with van der Waals surface area (Å²) in [6.07, 6.45) is 1.85. The molecule has 0 aliphatic carbocycles. The molecule has 1 N–H and O–H groups in total. The van der Waals surface area contributed by atoms with Crippen LogP contribution in [0.1, 0.15) is 5.69 Å². The molecule has 96 valence electrons. The molecule has 0 atom stereocenters. The van der Waals surface area contributed by atoms with E-state index in [1.807, 2.05) is 13.1 Å². The second-order valence-corrected chi connectivity index (χ2v) is 3.52. The normalized spacial score (nSPS) is 10.5. The number of hydrogen-bond acceptors (Lipinski definition) is 5. The van der Waals surface area contributed by atoms with Gasteiger partial charge in [0.2, 0.25) is 5.91 Å². The molecular formula is C10H18N4O3. The van der Waals surface area contributed by atoms with Gasteiger partial charge in [-0.3, -0.25) is 4.79 Å². The van der Waals surface area contributed by atoms with Gasteiger partial charge in [0.1, 0.15) is 6.61 Å². The van der Waals surface area contributed by atoms with Crippen LogP contribution < -0.4 is 5.32 Å². The first-order valence-corrected chi connectivity index (χ1v) is 5.42. The molecule has 0 unspecified atom stereocenters. The van der Waals surface area contributed by atoms with E-state index in [9.17, 15) is 4.79 Å². The average Bonchev–Trinajstić information content (AvgIpc) is 2.70. The van der Waals surface area contributed by atoms with Crippen LogP contribution >= 0.6 is 0 Å². The van der Waals surface area contributed by atoms with Crippen molar-refractivity contribution >= 4 is 5.91 Å². The second-order valence-electron chi connectivity index (χ2n) is 3.52. The van der Waals surface area contributed by atoms with Gasteiger partial charge in [0.25, 0.3) is 0 Å². The Labute approximate surface area is 100 Å². The SMILES string of the molecule is COCC(=O)NCCOCCn1cc(C)nn1. The Morgan fingerprint density at radius 2 is 2.35 bits per heavy atom. The predicted octanol–water partition coefficient (Wildman–Crippen LogP) is -0.634. The monoisotopic (exact) mass is 242 g/mol. The van der Waals surface area contributed by atoms with E-state index in [4.69, 9.17) is 4.74 Å². The number of nitrogens with zero attached hydrogens (tertiary/aromatic N) is 3. The van der Waals surface area contributed by atoms with Gasteiger partial charge >= 0.3 is 0 Å². The van der Waals surface area contributed by atoms with Crippen molar-refractivity contribution in [2.45, 2.75) is 13.5 Å². The largest absolute Gasteiger partial charge is 0.378 e. The van der Waals surface area contributed by atoms with Crippen molar-refractivity contribution in [3.05, 3.63) is 11.9 Å². The van der Waals surface area contributed by atoms with Crippen LogP contribution in [0.5, 0.6) is 0 Å². The van der Waals surface area contributed by atoms with Gasteiger partial charge in [-0.2, -0.15) is 0 Å². The maximum Gasteiger partial charge on any atom is 0.246 e. The van der Waals surface area contributed by atoms with Gasteiger partial charge in [0.05, 0.1) is 25.5 Å². The fraction of sp³-hybridized carbons (Fsp3) is 0.700.